The molecule has 0 saturated heterocycles. The molecule has 1 aromatic rings. The fourth-order valence-corrected chi connectivity index (χ4v) is 3.53. The van der Waals surface area contributed by atoms with Crippen molar-refractivity contribution in [2.45, 2.75) is 32.6 Å². The Morgan fingerprint density at radius 2 is 2.35 bits per heavy atom. The molecule has 2 N–H and O–H groups in total. The number of hydrogen-bond donors (Lipinski definition) is 2. The number of oxime groups is 1. The highest BCUT2D eigenvalue weighted by atomic mass is 32.1. The predicted octanol–water partition coefficient (Wildman–Crippen LogP) is 2.33. The topological polar surface area (TPSA) is 69.9 Å². The molecule has 0 bridgehead atoms. The minimum Gasteiger partial charge on any atom is -0.477 e. The molecule has 0 fully saturated rings. The summed E-state index contributed by atoms with van der Waals surface area (Å²) >= 11 is 1.65. The molecule has 17 heavy (non-hydrogen) atoms. The number of carbonyl (C=O) groups is 1. The molecule has 2 rings (SSSR count). The van der Waals surface area contributed by atoms with Crippen LogP contribution in [0.3, 0.4) is 0 Å². The van der Waals surface area contributed by atoms with Crippen molar-refractivity contribution >= 4 is 23.0 Å². The lowest BCUT2D eigenvalue weighted by atomic mass is 10.0. The van der Waals surface area contributed by atoms with Gasteiger partial charge in [-0.1, -0.05) is 18.5 Å². The minimum absolute atomic E-state index is 0.197. The third-order valence-electron chi connectivity index (χ3n) is 3.22. The van der Waals surface area contributed by atoms with Gasteiger partial charge in [-0.15, -0.1) is 11.3 Å². The first-order valence-electron chi connectivity index (χ1n) is 5.68. The van der Waals surface area contributed by atoms with E-state index >= 15 is 0 Å². The molecule has 5 heteroatoms. The lowest BCUT2D eigenvalue weighted by molar-refractivity contribution is -0.129. The molecule has 92 valence electrons. The van der Waals surface area contributed by atoms with E-state index in [0.717, 1.165) is 23.6 Å². The van der Waals surface area contributed by atoms with E-state index in [2.05, 4.69) is 18.1 Å². The molecule has 1 heterocycles. The molecule has 1 atom stereocenters. The van der Waals surface area contributed by atoms with Gasteiger partial charge in [-0.25, -0.2) is 4.79 Å². The summed E-state index contributed by atoms with van der Waals surface area (Å²) in [6.45, 7) is 2.20. The Morgan fingerprint density at radius 3 is 2.88 bits per heavy atom. The monoisotopic (exact) mass is 253 g/mol. The Balaban J connectivity index is 2.09. The third-order valence-corrected chi connectivity index (χ3v) is 4.42. The van der Waals surface area contributed by atoms with E-state index in [1.165, 1.54) is 16.9 Å². The van der Waals surface area contributed by atoms with Gasteiger partial charge in [-0.3, -0.25) is 0 Å². The van der Waals surface area contributed by atoms with Crippen LogP contribution in [0.2, 0.25) is 0 Å². The number of carboxylic acid groups (broad SMARTS) is 1. The summed E-state index contributed by atoms with van der Waals surface area (Å²) < 4.78 is 0. The van der Waals surface area contributed by atoms with Crippen molar-refractivity contribution in [3.05, 3.63) is 21.4 Å². The summed E-state index contributed by atoms with van der Waals surface area (Å²) in [6.07, 6.45) is 3.60. The fraction of sp³-hybridized carbons (Fsp3) is 0.500. The van der Waals surface area contributed by atoms with Gasteiger partial charge in [0.05, 0.1) is 0 Å². The SMILES string of the molecule is CCC1Cc2cc(CC(=NO)C(=O)O)sc2C1. The second-order valence-corrected chi connectivity index (χ2v) is 5.59. The lowest BCUT2D eigenvalue weighted by Gasteiger charge is -2.03. The van der Waals surface area contributed by atoms with Crippen LogP contribution in [0.15, 0.2) is 11.2 Å². The zero-order chi connectivity index (χ0) is 12.4. The highest BCUT2D eigenvalue weighted by Crippen LogP contribution is 2.35. The molecule has 1 unspecified atom stereocenters. The first-order chi connectivity index (χ1) is 8.13. The smallest absolute Gasteiger partial charge is 0.354 e. The van der Waals surface area contributed by atoms with Crippen LogP contribution in [0.25, 0.3) is 0 Å². The summed E-state index contributed by atoms with van der Waals surface area (Å²) in [5.74, 6) is -0.414. The van der Waals surface area contributed by atoms with E-state index < -0.39 is 5.97 Å². The molecular weight excluding hydrogens is 238 g/mol. The van der Waals surface area contributed by atoms with Crippen LogP contribution >= 0.6 is 11.3 Å². The van der Waals surface area contributed by atoms with Crippen LogP contribution in [-0.4, -0.2) is 22.0 Å². The summed E-state index contributed by atoms with van der Waals surface area (Å²) in [7, 11) is 0. The minimum atomic E-state index is -1.16. The molecule has 0 amide bonds. The number of nitrogens with zero attached hydrogens (tertiary/aromatic N) is 1. The van der Waals surface area contributed by atoms with Crippen molar-refractivity contribution in [1.82, 2.24) is 0 Å². The number of aliphatic carboxylic acids is 1. The standard InChI is InChI=1S/C12H15NO3S/c1-2-7-3-8-5-9(17-11(8)4-7)6-10(13-16)12(14)15/h5,7,16H,2-4,6H2,1H3,(H,14,15). The largest absolute Gasteiger partial charge is 0.477 e. The average Bonchev–Trinajstić information content (AvgIpc) is 2.82. The molecule has 1 aromatic heterocycles. The number of hydrogen-bond acceptors (Lipinski definition) is 4. The van der Waals surface area contributed by atoms with E-state index in [4.69, 9.17) is 10.3 Å². The van der Waals surface area contributed by atoms with Crippen LogP contribution in [0.4, 0.5) is 0 Å². The van der Waals surface area contributed by atoms with Gasteiger partial charge in [-0.2, -0.15) is 0 Å². The van der Waals surface area contributed by atoms with Crippen LogP contribution in [-0.2, 0) is 24.1 Å². The maximum Gasteiger partial charge on any atom is 0.354 e. The maximum atomic E-state index is 10.7. The Kier molecular flexibility index (Phi) is 3.47. The van der Waals surface area contributed by atoms with E-state index in [0.29, 0.717) is 0 Å². The van der Waals surface area contributed by atoms with Gasteiger partial charge in [0.2, 0.25) is 0 Å². The van der Waals surface area contributed by atoms with E-state index in [1.807, 2.05) is 0 Å². The molecule has 0 aliphatic heterocycles. The van der Waals surface area contributed by atoms with Crippen LogP contribution in [0, 0.1) is 5.92 Å². The zero-order valence-electron chi connectivity index (χ0n) is 9.64. The van der Waals surface area contributed by atoms with Gasteiger partial charge in [0, 0.05) is 16.2 Å². The summed E-state index contributed by atoms with van der Waals surface area (Å²) in [4.78, 5) is 13.1. The first-order valence-corrected chi connectivity index (χ1v) is 6.50. The van der Waals surface area contributed by atoms with Crippen LogP contribution in [0.1, 0.15) is 28.7 Å². The molecule has 0 aromatic carbocycles. The first kappa shape index (κ1) is 12.1. The van der Waals surface area contributed by atoms with Gasteiger partial charge in [0.15, 0.2) is 5.71 Å². The van der Waals surface area contributed by atoms with Gasteiger partial charge in [0.25, 0.3) is 0 Å². The molecule has 1 aliphatic carbocycles. The Labute approximate surface area is 104 Å². The van der Waals surface area contributed by atoms with Crippen molar-refractivity contribution in [3.63, 3.8) is 0 Å². The molecule has 4 nitrogen and oxygen atoms in total. The van der Waals surface area contributed by atoms with E-state index in [9.17, 15) is 4.79 Å². The normalized spacial score (nSPS) is 19.4. The second-order valence-electron chi connectivity index (χ2n) is 4.37. The Morgan fingerprint density at radius 1 is 1.59 bits per heavy atom. The lowest BCUT2D eigenvalue weighted by Crippen LogP contribution is -2.15. The number of thiophene rings is 1. The molecular formula is C12H15NO3S. The van der Waals surface area contributed by atoms with E-state index in [-0.39, 0.29) is 12.1 Å². The summed E-state index contributed by atoms with van der Waals surface area (Å²) in [6, 6.07) is 2.06. The second kappa shape index (κ2) is 4.87. The van der Waals surface area contributed by atoms with Gasteiger partial charge in [0.1, 0.15) is 0 Å². The van der Waals surface area contributed by atoms with Gasteiger partial charge in [-0.05, 0) is 30.4 Å². The van der Waals surface area contributed by atoms with Crippen molar-refractivity contribution in [1.29, 1.82) is 0 Å². The number of carboxylic acids is 1. The quantitative estimate of drug-likeness (QED) is 0.491. The molecule has 0 radical (unpaired) electrons. The maximum absolute atomic E-state index is 10.7. The third kappa shape index (κ3) is 2.49. The van der Waals surface area contributed by atoms with Gasteiger partial charge >= 0.3 is 5.97 Å². The van der Waals surface area contributed by atoms with E-state index in [1.54, 1.807) is 11.3 Å². The predicted molar refractivity (Wildman–Crippen MR) is 66.1 cm³/mol. The van der Waals surface area contributed by atoms with Crippen LogP contribution in [0.5, 0.6) is 0 Å². The Bertz CT molecular complexity index is 441. The molecule has 0 spiro atoms. The summed E-state index contributed by atoms with van der Waals surface area (Å²) in [5, 5.41) is 20.2. The number of rotatable bonds is 4. The average molecular weight is 253 g/mol. The summed E-state index contributed by atoms with van der Waals surface area (Å²) in [5.41, 5.74) is 1.15. The molecule has 1 aliphatic rings. The Hall–Kier alpha value is -1.36. The highest BCUT2D eigenvalue weighted by Gasteiger charge is 2.23. The van der Waals surface area contributed by atoms with Crippen LogP contribution < -0.4 is 0 Å². The van der Waals surface area contributed by atoms with Crippen molar-refractivity contribution in [2.24, 2.45) is 11.1 Å². The highest BCUT2D eigenvalue weighted by molar-refractivity contribution is 7.12. The fourth-order valence-electron chi connectivity index (χ4n) is 2.21. The van der Waals surface area contributed by atoms with Crippen molar-refractivity contribution < 1.29 is 15.1 Å². The van der Waals surface area contributed by atoms with Crippen molar-refractivity contribution in [2.75, 3.05) is 0 Å². The van der Waals surface area contributed by atoms with Gasteiger partial charge < -0.3 is 10.3 Å². The molecule has 0 saturated carbocycles. The zero-order valence-corrected chi connectivity index (χ0v) is 10.5. The van der Waals surface area contributed by atoms with Crippen molar-refractivity contribution in [3.8, 4) is 0 Å². The number of fused-ring (bicyclic) bond motifs is 1.